The molecular formula is C133H90. The molecule has 23 rings (SSSR count). The zero-order chi connectivity index (χ0) is 88.4. The van der Waals surface area contributed by atoms with E-state index in [0.717, 1.165) is 161 Å². The topological polar surface area (TPSA) is 0 Å². The number of benzene rings is 22. The molecule has 0 nitrogen and oxygen atoms in total. The highest BCUT2D eigenvalue weighted by Crippen LogP contribution is 2.61. The highest BCUT2D eigenvalue weighted by atomic mass is 14.5. The molecule has 622 valence electrons. The molecule has 0 aromatic heterocycles. The Bertz CT molecular complexity index is 7030. The fraction of sp³-hybridized carbons (Fsp3) is 0.00752. The Hall–Kier alpha value is -17.2. The minimum Gasteiger partial charge on any atom is -0.0622 e. The summed E-state index contributed by atoms with van der Waals surface area (Å²) >= 11 is 0. The third kappa shape index (κ3) is 16.0. The molecule has 1 aliphatic rings. The van der Waals surface area contributed by atoms with E-state index in [0.29, 0.717) is 0 Å². The molecule has 0 unspecified atom stereocenters. The van der Waals surface area contributed by atoms with Gasteiger partial charge in [-0.05, 0) is 373 Å². The molecule has 0 bridgehead atoms. The summed E-state index contributed by atoms with van der Waals surface area (Å²) in [5, 5.41) is 0. The zero-order valence-corrected chi connectivity index (χ0v) is 73.5. The lowest BCUT2D eigenvalue weighted by atomic mass is 9.65. The fourth-order valence-corrected chi connectivity index (χ4v) is 20.3. The van der Waals surface area contributed by atoms with Crippen LogP contribution in [-0.4, -0.2) is 0 Å². The summed E-state index contributed by atoms with van der Waals surface area (Å²) in [7, 11) is 0. The second-order valence-electron chi connectivity index (χ2n) is 35.0. The lowest BCUT2D eigenvalue weighted by Crippen LogP contribution is -2.29. The van der Waals surface area contributed by atoms with Crippen LogP contribution in [0.3, 0.4) is 0 Å². The molecule has 0 amide bonds. The molecule has 0 fully saturated rings. The normalized spacial score (nSPS) is 11.8. The van der Waals surface area contributed by atoms with E-state index in [1.54, 1.807) is 0 Å². The lowest BCUT2D eigenvalue weighted by Gasteiger charge is -2.36. The van der Waals surface area contributed by atoms with Crippen LogP contribution < -0.4 is 0 Å². The smallest absolute Gasteiger partial charge is 0.0622 e. The molecule has 0 N–H and O–H groups in total. The van der Waals surface area contributed by atoms with Crippen LogP contribution in [0.2, 0.25) is 0 Å². The largest absolute Gasteiger partial charge is 0.0714 e. The van der Waals surface area contributed by atoms with E-state index in [1.165, 1.54) is 72.3 Å². The van der Waals surface area contributed by atoms with E-state index in [-0.39, 0.29) is 0 Å². The van der Waals surface area contributed by atoms with Gasteiger partial charge in [-0.25, -0.2) is 0 Å². The Balaban J connectivity index is 0.819. The first kappa shape index (κ1) is 80.4. The summed E-state index contributed by atoms with van der Waals surface area (Å²) in [6.45, 7) is 0. The molecule has 0 heteroatoms. The Morgan fingerprint density at radius 1 is 0.0902 bits per heavy atom. The van der Waals surface area contributed by atoms with Gasteiger partial charge < -0.3 is 0 Å². The Morgan fingerprint density at radius 2 is 0.256 bits per heavy atom. The Labute approximate surface area is 779 Å². The zero-order valence-electron chi connectivity index (χ0n) is 73.5. The van der Waals surface area contributed by atoms with E-state index in [1.807, 2.05) is 0 Å². The molecule has 0 radical (unpaired) electrons. The summed E-state index contributed by atoms with van der Waals surface area (Å²) in [5.74, 6) is 0. The van der Waals surface area contributed by atoms with Crippen LogP contribution >= 0.6 is 0 Å². The minimum absolute atomic E-state index is 1.08. The maximum absolute atomic E-state index is 2.57. The van der Waals surface area contributed by atoms with Crippen molar-refractivity contribution in [1.82, 2.24) is 0 Å². The van der Waals surface area contributed by atoms with E-state index < -0.39 is 5.41 Å². The van der Waals surface area contributed by atoms with Crippen molar-refractivity contribution in [3.8, 4) is 211 Å². The molecule has 0 heterocycles. The second kappa shape index (κ2) is 35.5. The van der Waals surface area contributed by atoms with E-state index in [9.17, 15) is 0 Å². The van der Waals surface area contributed by atoms with Crippen LogP contribution in [-0.2, 0) is 5.41 Å². The lowest BCUT2D eigenvalue weighted by molar-refractivity contribution is 0.770. The summed E-state index contributed by atoms with van der Waals surface area (Å²) in [5.41, 5.74) is 46.9. The van der Waals surface area contributed by atoms with Crippen LogP contribution in [0.25, 0.3) is 211 Å². The van der Waals surface area contributed by atoms with Crippen molar-refractivity contribution >= 4 is 0 Å². The molecule has 1 aliphatic carbocycles. The van der Waals surface area contributed by atoms with Crippen molar-refractivity contribution in [2.75, 3.05) is 0 Å². The summed E-state index contributed by atoms with van der Waals surface area (Å²) in [6.07, 6.45) is 0. The first-order chi connectivity index (χ1) is 65.8. The minimum atomic E-state index is -1.08. The van der Waals surface area contributed by atoms with Gasteiger partial charge in [0, 0.05) is 0 Å². The molecule has 0 saturated heterocycles. The highest BCUT2D eigenvalue weighted by molar-refractivity contribution is 5.99. The summed E-state index contributed by atoms with van der Waals surface area (Å²) in [6, 6.07) is 204. The van der Waals surface area contributed by atoms with Gasteiger partial charge in [-0.2, -0.15) is 0 Å². The molecule has 0 spiro atoms. The average Bonchev–Trinajstić information content (AvgIpc) is 1.53. The van der Waals surface area contributed by atoms with Crippen LogP contribution in [0, 0.1) is 0 Å². The molecule has 133 heavy (non-hydrogen) atoms. The number of hydrogen-bond donors (Lipinski definition) is 0. The van der Waals surface area contributed by atoms with E-state index >= 15 is 0 Å². The summed E-state index contributed by atoms with van der Waals surface area (Å²) < 4.78 is 0. The molecular weight excluding hydrogens is 1600 g/mol. The fourth-order valence-electron chi connectivity index (χ4n) is 20.3. The summed E-state index contributed by atoms with van der Waals surface area (Å²) in [4.78, 5) is 0. The molecule has 0 saturated carbocycles. The van der Waals surface area contributed by atoms with Gasteiger partial charge >= 0.3 is 0 Å². The van der Waals surface area contributed by atoms with Gasteiger partial charge in [0.05, 0.1) is 5.41 Å². The van der Waals surface area contributed by atoms with Crippen molar-refractivity contribution in [2.45, 2.75) is 5.41 Å². The second-order valence-corrected chi connectivity index (χ2v) is 35.0. The third-order valence-electron chi connectivity index (χ3n) is 26.8. The number of hydrogen-bond acceptors (Lipinski definition) is 0. The Kier molecular flexibility index (Phi) is 21.4. The van der Waals surface area contributed by atoms with E-state index in [4.69, 9.17) is 0 Å². The quantitative estimate of drug-likeness (QED) is 0.0713. The Morgan fingerprint density at radius 3 is 0.481 bits per heavy atom. The molecule has 22 aromatic rings. The van der Waals surface area contributed by atoms with Crippen molar-refractivity contribution in [3.05, 3.63) is 568 Å². The molecule has 0 aliphatic heterocycles. The molecule has 22 aromatic carbocycles. The number of rotatable bonds is 20. The maximum Gasteiger partial charge on any atom is 0.0714 e. The van der Waals surface area contributed by atoms with Gasteiger partial charge in [-0.1, -0.05) is 406 Å². The predicted molar refractivity (Wildman–Crippen MR) is 562 cm³/mol. The van der Waals surface area contributed by atoms with Crippen LogP contribution in [0.4, 0.5) is 0 Å². The van der Waals surface area contributed by atoms with Crippen LogP contribution in [0.15, 0.2) is 546 Å². The van der Waals surface area contributed by atoms with Gasteiger partial charge in [0.15, 0.2) is 0 Å². The average molecular weight is 1690 g/mol. The van der Waals surface area contributed by atoms with Gasteiger partial charge in [0.2, 0.25) is 0 Å². The maximum atomic E-state index is 2.57. The van der Waals surface area contributed by atoms with Crippen LogP contribution in [0.1, 0.15) is 22.3 Å². The van der Waals surface area contributed by atoms with E-state index in [2.05, 4.69) is 546 Å². The van der Waals surface area contributed by atoms with Gasteiger partial charge in [0.1, 0.15) is 0 Å². The first-order valence-corrected chi connectivity index (χ1v) is 46.0. The van der Waals surface area contributed by atoms with Crippen molar-refractivity contribution in [2.24, 2.45) is 0 Å². The first-order valence-electron chi connectivity index (χ1n) is 46.0. The van der Waals surface area contributed by atoms with Crippen LogP contribution in [0.5, 0.6) is 0 Å². The van der Waals surface area contributed by atoms with Crippen molar-refractivity contribution in [1.29, 1.82) is 0 Å². The SMILES string of the molecule is c1ccc(-c2cc(-c3ccccc3)cc(-c3cccc(-c4cc(-c5cccc(-c6cc(-c7ccccc7)cc(-c7ccccc7)c6)c5)cc(C5(c6cc(-c7cccc(-c8cc(-c9ccccc9)cc(-c9ccccc9)c8)c7)cc(-c7cccc(-c8cc(-c9ccccc9)cc(-c9ccccc9)c8)c7)c6)c6cc(-c7ccccc7)ccc6-c6c(-c7ccccc7)cccc65)c4)c3)c2)cc1. The van der Waals surface area contributed by atoms with Gasteiger partial charge in [0.25, 0.3) is 0 Å². The third-order valence-corrected chi connectivity index (χ3v) is 26.8. The number of fused-ring (bicyclic) bond motifs is 3. The highest BCUT2D eigenvalue weighted by Gasteiger charge is 2.48. The van der Waals surface area contributed by atoms with Crippen molar-refractivity contribution in [3.63, 3.8) is 0 Å². The van der Waals surface area contributed by atoms with Crippen molar-refractivity contribution < 1.29 is 0 Å². The predicted octanol–water partition coefficient (Wildman–Crippen LogP) is 36.1. The van der Waals surface area contributed by atoms with Gasteiger partial charge in [-0.3, -0.25) is 0 Å². The monoisotopic (exact) mass is 1690 g/mol. The van der Waals surface area contributed by atoms with Gasteiger partial charge in [-0.15, -0.1) is 0 Å². The standard InChI is InChI=1S/C133H90/c1-11-36-91(37-12-1)109-66-67-129-131(90-109)133(130-65-35-64-128(132(129)130)100-54-29-10-30-55-100,126-86-122(105-60-31-56-101(68-105)118-76-110(92-38-13-2-14-39-92)72-111(77-118)93-40-15-3-16-41-93)84-123(87-126)106-61-32-57-102(69-106)119-78-112(94-42-17-4-18-43-94)73-113(79-119)95-44-19-5-20-45-95)127-88-124(107-62-33-58-103(70-107)120-80-114(96-46-21-6-22-47-96)74-115(81-120)97-48-23-7-24-49-97)85-125(89-127)108-63-34-59-104(71-108)121-82-116(98-50-25-8-26-51-98)75-117(83-121)99-52-27-9-28-53-99/h1-90H. The molecule has 0 atom stereocenters.